The third-order valence-corrected chi connectivity index (χ3v) is 5.05. The van der Waals surface area contributed by atoms with Crippen molar-refractivity contribution in [3.8, 4) is 0 Å². The Morgan fingerprint density at radius 2 is 1.78 bits per heavy atom. The smallest absolute Gasteiger partial charge is 0.0447 e. The Balaban J connectivity index is 2.25. The fourth-order valence-corrected chi connectivity index (χ4v) is 3.87. The molecule has 18 heavy (non-hydrogen) atoms. The van der Waals surface area contributed by atoms with Crippen LogP contribution in [-0.2, 0) is 6.42 Å². The molecule has 2 rings (SSSR count). The first-order valence-corrected chi connectivity index (χ1v) is 8.28. The minimum Gasteiger partial charge on any atom is -0.0840 e. The number of alkyl halides is 1. The second-order valence-corrected chi connectivity index (χ2v) is 7.21. The molecule has 0 spiro atoms. The van der Waals surface area contributed by atoms with E-state index in [1.54, 1.807) is 0 Å². The van der Waals surface area contributed by atoms with E-state index in [0.717, 1.165) is 26.0 Å². The Labute approximate surface area is 137 Å². The van der Waals surface area contributed by atoms with Gasteiger partial charge in [-0.3, -0.25) is 0 Å². The van der Waals surface area contributed by atoms with E-state index in [9.17, 15) is 0 Å². The minimum atomic E-state index is 0.226. The number of hydrogen-bond donors (Lipinski definition) is 0. The van der Waals surface area contributed by atoms with Gasteiger partial charge in [0.05, 0.1) is 0 Å². The van der Waals surface area contributed by atoms with Gasteiger partial charge in [-0.25, -0.2) is 0 Å². The van der Waals surface area contributed by atoms with E-state index in [-0.39, 0.29) is 4.83 Å². The summed E-state index contributed by atoms with van der Waals surface area (Å²) in [6.07, 6.45) is 0.856. The van der Waals surface area contributed by atoms with Crippen LogP contribution in [-0.4, -0.2) is 0 Å². The van der Waals surface area contributed by atoms with Crippen molar-refractivity contribution in [3.05, 3.63) is 67.6 Å². The summed E-state index contributed by atoms with van der Waals surface area (Å²) in [4.78, 5) is 0.226. The van der Waals surface area contributed by atoms with E-state index in [1.165, 1.54) is 5.56 Å². The van der Waals surface area contributed by atoms with Gasteiger partial charge in [0.1, 0.15) is 0 Å². The molecular formula is C14H10Br3Cl. The highest BCUT2D eigenvalue weighted by atomic mass is 79.9. The van der Waals surface area contributed by atoms with Crippen molar-refractivity contribution in [2.24, 2.45) is 0 Å². The van der Waals surface area contributed by atoms with Crippen LogP contribution in [0.15, 0.2) is 51.4 Å². The monoisotopic (exact) mass is 450 g/mol. The summed E-state index contributed by atoms with van der Waals surface area (Å²) in [5.41, 5.74) is 2.36. The van der Waals surface area contributed by atoms with Crippen molar-refractivity contribution in [2.45, 2.75) is 11.2 Å². The van der Waals surface area contributed by atoms with Gasteiger partial charge in [0, 0.05) is 18.8 Å². The van der Waals surface area contributed by atoms with Crippen molar-refractivity contribution in [1.82, 2.24) is 0 Å². The normalized spacial score (nSPS) is 12.4. The molecule has 0 aromatic heterocycles. The van der Waals surface area contributed by atoms with Crippen LogP contribution in [0.25, 0.3) is 0 Å². The zero-order valence-corrected chi connectivity index (χ0v) is 14.9. The van der Waals surface area contributed by atoms with Crippen LogP contribution in [0.3, 0.4) is 0 Å². The summed E-state index contributed by atoms with van der Waals surface area (Å²) >= 11 is 17.0. The zero-order chi connectivity index (χ0) is 13.1. The molecule has 0 N–H and O–H groups in total. The molecule has 94 valence electrons. The fourth-order valence-electron chi connectivity index (χ4n) is 1.72. The van der Waals surface area contributed by atoms with Crippen LogP contribution < -0.4 is 0 Å². The SMILES string of the molecule is Clc1ccccc1CC(Br)c1cc(Br)ccc1Br. The largest absolute Gasteiger partial charge is 0.0840 e. The Hall–Kier alpha value is 0.170. The van der Waals surface area contributed by atoms with Gasteiger partial charge in [0.15, 0.2) is 0 Å². The van der Waals surface area contributed by atoms with E-state index >= 15 is 0 Å². The molecule has 0 saturated carbocycles. The average molecular weight is 453 g/mol. The van der Waals surface area contributed by atoms with Crippen LogP contribution in [0.5, 0.6) is 0 Å². The minimum absolute atomic E-state index is 0.226. The van der Waals surface area contributed by atoms with Gasteiger partial charge in [0.25, 0.3) is 0 Å². The van der Waals surface area contributed by atoms with Crippen LogP contribution in [0.4, 0.5) is 0 Å². The average Bonchev–Trinajstić information content (AvgIpc) is 2.35. The first kappa shape index (κ1) is 14.6. The van der Waals surface area contributed by atoms with Crippen molar-refractivity contribution in [2.75, 3.05) is 0 Å². The standard InChI is InChI=1S/C14H10Br3Cl/c15-10-5-6-12(16)11(8-10)13(17)7-9-3-1-2-4-14(9)18/h1-6,8,13H,7H2. The summed E-state index contributed by atoms with van der Waals surface area (Å²) in [6.45, 7) is 0. The maximum Gasteiger partial charge on any atom is 0.0447 e. The highest BCUT2D eigenvalue weighted by molar-refractivity contribution is 9.11. The molecule has 0 amide bonds. The molecule has 1 atom stereocenters. The number of rotatable bonds is 3. The van der Waals surface area contributed by atoms with E-state index < -0.39 is 0 Å². The van der Waals surface area contributed by atoms with E-state index in [0.29, 0.717) is 0 Å². The van der Waals surface area contributed by atoms with Crippen molar-refractivity contribution >= 4 is 59.4 Å². The van der Waals surface area contributed by atoms with E-state index in [2.05, 4.69) is 59.9 Å². The Morgan fingerprint density at radius 3 is 2.50 bits per heavy atom. The lowest BCUT2D eigenvalue weighted by atomic mass is 10.0. The quantitative estimate of drug-likeness (QED) is 0.463. The predicted molar refractivity (Wildman–Crippen MR) is 88.7 cm³/mol. The molecule has 0 radical (unpaired) electrons. The third-order valence-electron chi connectivity index (χ3n) is 2.65. The molecule has 0 saturated heterocycles. The van der Waals surface area contributed by atoms with E-state index in [1.807, 2.05) is 30.3 Å². The summed E-state index contributed by atoms with van der Waals surface area (Å²) in [5, 5.41) is 0.813. The molecule has 2 aromatic carbocycles. The molecule has 0 bridgehead atoms. The van der Waals surface area contributed by atoms with Gasteiger partial charge in [-0.15, -0.1) is 0 Å². The first-order valence-electron chi connectivity index (χ1n) is 5.40. The van der Waals surface area contributed by atoms with Crippen molar-refractivity contribution in [1.29, 1.82) is 0 Å². The van der Waals surface area contributed by atoms with Crippen molar-refractivity contribution in [3.63, 3.8) is 0 Å². The Morgan fingerprint density at radius 1 is 1.06 bits per heavy atom. The molecule has 0 heterocycles. The molecular weight excluding hydrogens is 443 g/mol. The lowest BCUT2D eigenvalue weighted by Gasteiger charge is -2.13. The maximum atomic E-state index is 6.19. The van der Waals surface area contributed by atoms with Gasteiger partial charge in [0.2, 0.25) is 0 Å². The second-order valence-electron chi connectivity index (χ2n) is 3.93. The summed E-state index contributed by atoms with van der Waals surface area (Å²) in [6, 6.07) is 14.1. The summed E-state index contributed by atoms with van der Waals surface area (Å²) in [7, 11) is 0. The molecule has 4 heteroatoms. The van der Waals surface area contributed by atoms with Gasteiger partial charge < -0.3 is 0 Å². The second kappa shape index (κ2) is 6.56. The highest BCUT2D eigenvalue weighted by Gasteiger charge is 2.13. The first-order chi connectivity index (χ1) is 8.58. The summed E-state index contributed by atoms with van der Waals surface area (Å²) < 4.78 is 2.17. The highest BCUT2D eigenvalue weighted by Crippen LogP contribution is 2.35. The van der Waals surface area contributed by atoms with E-state index in [4.69, 9.17) is 11.6 Å². The molecule has 2 aromatic rings. The van der Waals surface area contributed by atoms with Crippen LogP contribution in [0, 0.1) is 0 Å². The summed E-state index contributed by atoms with van der Waals surface area (Å²) in [5.74, 6) is 0. The Kier molecular flexibility index (Phi) is 5.31. The molecule has 0 nitrogen and oxygen atoms in total. The molecule has 0 aliphatic heterocycles. The molecule has 1 unspecified atom stereocenters. The number of benzene rings is 2. The van der Waals surface area contributed by atoms with Crippen LogP contribution >= 0.6 is 59.4 Å². The van der Waals surface area contributed by atoms with Gasteiger partial charge in [-0.05, 0) is 41.8 Å². The van der Waals surface area contributed by atoms with Crippen molar-refractivity contribution < 1.29 is 0 Å². The topological polar surface area (TPSA) is 0 Å². The molecule has 0 aliphatic carbocycles. The van der Waals surface area contributed by atoms with Gasteiger partial charge in [-0.1, -0.05) is 77.6 Å². The fraction of sp³-hybridized carbons (Fsp3) is 0.143. The van der Waals surface area contributed by atoms with Gasteiger partial charge in [-0.2, -0.15) is 0 Å². The zero-order valence-electron chi connectivity index (χ0n) is 9.34. The number of halogens is 4. The molecule has 0 fully saturated rings. The van der Waals surface area contributed by atoms with Crippen LogP contribution in [0.2, 0.25) is 5.02 Å². The lowest BCUT2D eigenvalue weighted by Crippen LogP contribution is -1.97. The molecule has 0 aliphatic rings. The predicted octanol–water partition coefficient (Wildman–Crippen LogP) is 6.54. The number of hydrogen-bond acceptors (Lipinski definition) is 0. The third kappa shape index (κ3) is 3.60. The van der Waals surface area contributed by atoms with Gasteiger partial charge >= 0.3 is 0 Å². The van der Waals surface area contributed by atoms with Crippen LogP contribution in [0.1, 0.15) is 16.0 Å². The maximum absolute atomic E-state index is 6.19. The lowest BCUT2D eigenvalue weighted by molar-refractivity contribution is 0.942. The Bertz CT molecular complexity index is 554.